The average molecular weight is 214 g/mol. The molecule has 0 spiro atoms. The highest BCUT2D eigenvalue weighted by molar-refractivity contribution is 6.09. The van der Waals surface area contributed by atoms with Gasteiger partial charge in [-0.05, 0) is 24.3 Å². The molecule has 1 aromatic carbocycles. The summed E-state index contributed by atoms with van der Waals surface area (Å²) in [7, 11) is 0. The van der Waals surface area contributed by atoms with Gasteiger partial charge in [0.1, 0.15) is 5.75 Å². The topological polar surface area (TPSA) is 76.2 Å². The number of aromatic nitrogens is 1. The third-order valence-corrected chi connectivity index (χ3v) is 2.13. The Balaban J connectivity index is 2.42. The molecule has 2 rings (SSSR count). The Hall–Kier alpha value is -2.36. The maximum atomic E-state index is 11.9. The van der Waals surface area contributed by atoms with Crippen molar-refractivity contribution < 1.29 is 9.90 Å². The number of aromatic hydroxyl groups is 1. The van der Waals surface area contributed by atoms with Gasteiger partial charge in [0.05, 0.1) is 0 Å². The predicted molar refractivity (Wildman–Crippen MR) is 60.2 cm³/mol. The summed E-state index contributed by atoms with van der Waals surface area (Å²) in [4.78, 5) is 15.8. The molecule has 16 heavy (non-hydrogen) atoms. The third-order valence-electron chi connectivity index (χ3n) is 2.13. The van der Waals surface area contributed by atoms with Gasteiger partial charge >= 0.3 is 0 Å². The molecule has 0 saturated carbocycles. The fourth-order valence-corrected chi connectivity index (χ4v) is 1.43. The smallest absolute Gasteiger partial charge is 0.194 e. The first-order valence-corrected chi connectivity index (χ1v) is 4.71. The van der Waals surface area contributed by atoms with Crippen LogP contribution in [-0.2, 0) is 0 Å². The van der Waals surface area contributed by atoms with Gasteiger partial charge in [-0.2, -0.15) is 0 Å². The van der Waals surface area contributed by atoms with Crippen molar-refractivity contribution in [2.75, 3.05) is 5.73 Å². The molecule has 2 aromatic rings. The molecule has 0 atom stereocenters. The minimum absolute atomic E-state index is 0.0211. The van der Waals surface area contributed by atoms with Crippen LogP contribution in [0.1, 0.15) is 15.9 Å². The van der Waals surface area contributed by atoms with E-state index in [9.17, 15) is 9.90 Å². The zero-order valence-corrected chi connectivity index (χ0v) is 8.42. The fourth-order valence-electron chi connectivity index (χ4n) is 1.43. The van der Waals surface area contributed by atoms with Crippen LogP contribution in [0.2, 0.25) is 0 Å². The van der Waals surface area contributed by atoms with E-state index in [2.05, 4.69) is 4.98 Å². The van der Waals surface area contributed by atoms with E-state index in [1.54, 1.807) is 18.3 Å². The number of nitrogens with two attached hydrogens (primary N) is 1. The molecule has 80 valence electrons. The molecule has 0 amide bonds. The van der Waals surface area contributed by atoms with E-state index < -0.39 is 0 Å². The molecule has 1 heterocycles. The summed E-state index contributed by atoms with van der Waals surface area (Å²) in [5, 5.41) is 9.34. The van der Waals surface area contributed by atoms with Gasteiger partial charge in [-0.25, -0.2) is 0 Å². The van der Waals surface area contributed by atoms with Crippen LogP contribution in [0, 0.1) is 0 Å². The van der Waals surface area contributed by atoms with Crippen molar-refractivity contribution in [2.24, 2.45) is 0 Å². The van der Waals surface area contributed by atoms with E-state index in [1.165, 1.54) is 24.4 Å². The van der Waals surface area contributed by atoms with E-state index in [0.717, 1.165) is 0 Å². The van der Waals surface area contributed by atoms with Crippen LogP contribution in [-0.4, -0.2) is 15.9 Å². The number of ketones is 1. The maximum absolute atomic E-state index is 11.9. The van der Waals surface area contributed by atoms with Crippen LogP contribution in [0.3, 0.4) is 0 Å². The highest BCUT2D eigenvalue weighted by Gasteiger charge is 2.10. The molecule has 0 unspecified atom stereocenters. The summed E-state index contributed by atoms with van der Waals surface area (Å²) >= 11 is 0. The van der Waals surface area contributed by atoms with Crippen LogP contribution in [0.4, 0.5) is 5.69 Å². The highest BCUT2D eigenvalue weighted by atomic mass is 16.3. The van der Waals surface area contributed by atoms with E-state index in [4.69, 9.17) is 5.73 Å². The Morgan fingerprint density at radius 3 is 2.69 bits per heavy atom. The molecule has 0 fully saturated rings. The Morgan fingerprint density at radius 2 is 2.06 bits per heavy atom. The number of carbonyl (C=O) groups is 1. The van der Waals surface area contributed by atoms with Gasteiger partial charge in [-0.3, -0.25) is 9.78 Å². The lowest BCUT2D eigenvalue weighted by Gasteiger charge is -2.03. The number of nitrogen functional groups attached to an aromatic ring is 1. The summed E-state index contributed by atoms with van der Waals surface area (Å²) in [5.74, 6) is -0.233. The second kappa shape index (κ2) is 4.02. The van der Waals surface area contributed by atoms with Gasteiger partial charge < -0.3 is 10.8 Å². The molecule has 4 nitrogen and oxygen atoms in total. The lowest BCUT2D eigenvalue weighted by atomic mass is 10.0. The van der Waals surface area contributed by atoms with Crippen LogP contribution in [0.25, 0.3) is 0 Å². The van der Waals surface area contributed by atoms with Gasteiger partial charge in [0, 0.05) is 35.3 Å². The van der Waals surface area contributed by atoms with Gasteiger partial charge in [-0.1, -0.05) is 0 Å². The molecule has 3 N–H and O–H groups in total. The van der Waals surface area contributed by atoms with Gasteiger partial charge in [0.2, 0.25) is 0 Å². The summed E-state index contributed by atoms with van der Waals surface area (Å²) < 4.78 is 0. The monoisotopic (exact) mass is 214 g/mol. The summed E-state index contributed by atoms with van der Waals surface area (Å²) in [6, 6.07) is 7.63. The van der Waals surface area contributed by atoms with Gasteiger partial charge in [-0.15, -0.1) is 0 Å². The Kier molecular flexibility index (Phi) is 2.55. The van der Waals surface area contributed by atoms with E-state index in [1.807, 2.05) is 0 Å². The quantitative estimate of drug-likeness (QED) is 0.588. The van der Waals surface area contributed by atoms with Crippen molar-refractivity contribution in [3.8, 4) is 5.75 Å². The number of carbonyl (C=O) groups excluding carboxylic acids is 1. The average Bonchev–Trinajstić information content (AvgIpc) is 2.28. The molecule has 0 radical (unpaired) electrons. The van der Waals surface area contributed by atoms with Crippen molar-refractivity contribution in [1.82, 2.24) is 4.98 Å². The summed E-state index contributed by atoms with van der Waals surface area (Å²) in [6.07, 6.45) is 3.07. The maximum Gasteiger partial charge on any atom is 0.194 e. The van der Waals surface area contributed by atoms with E-state index in [-0.39, 0.29) is 11.5 Å². The number of anilines is 1. The molecular weight excluding hydrogens is 204 g/mol. The van der Waals surface area contributed by atoms with Crippen molar-refractivity contribution >= 4 is 11.5 Å². The standard InChI is InChI=1S/C12H10N2O2/c13-10-4-9(5-11(15)6-10)12(16)8-2-1-3-14-7-8/h1-7,15H,13H2. The predicted octanol–water partition coefficient (Wildman–Crippen LogP) is 1.60. The van der Waals surface area contributed by atoms with Crippen molar-refractivity contribution in [1.29, 1.82) is 0 Å². The number of nitrogens with zero attached hydrogens (tertiary/aromatic N) is 1. The van der Waals surface area contributed by atoms with Gasteiger partial charge in [0.25, 0.3) is 0 Å². The Bertz CT molecular complexity index is 504. The summed E-state index contributed by atoms with van der Waals surface area (Å²) in [5.41, 5.74) is 6.72. The minimum Gasteiger partial charge on any atom is -0.508 e. The lowest BCUT2D eigenvalue weighted by molar-refractivity contribution is 0.103. The number of hydrogen-bond acceptors (Lipinski definition) is 4. The normalized spacial score (nSPS) is 10.0. The van der Waals surface area contributed by atoms with Crippen molar-refractivity contribution in [3.05, 3.63) is 53.9 Å². The number of hydrogen-bond donors (Lipinski definition) is 2. The molecular formula is C12H10N2O2. The molecule has 1 aromatic heterocycles. The van der Waals surface area contributed by atoms with Crippen LogP contribution < -0.4 is 5.73 Å². The molecule has 0 aliphatic heterocycles. The first kappa shape index (κ1) is 10.2. The number of phenolic OH excluding ortho intramolecular Hbond substituents is 1. The Labute approximate surface area is 92.4 Å². The molecule has 0 saturated heterocycles. The number of rotatable bonds is 2. The molecule has 0 bridgehead atoms. The second-order valence-corrected chi connectivity index (χ2v) is 3.38. The van der Waals surface area contributed by atoms with Crippen LogP contribution in [0.5, 0.6) is 5.75 Å². The summed E-state index contributed by atoms with van der Waals surface area (Å²) in [6.45, 7) is 0. The molecule has 0 aliphatic carbocycles. The third kappa shape index (κ3) is 2.00. The zero-order valence-electron chi connectivity index (χ0n) is 8.42. The second-order valence-electron chi connectivity index (χ2n) is 3.38. The largest absolute Gasteiger partial charge is 0.508 e. The first-order valence-electron chi connectivity index (χ1n) is 4.71. The van der Waals surface area contributed by atoms with Crippen LogP contribution >= 0.6 is 0 Å². The van der Waals surface area contributed by atoms with Crippen molar-refractivity contribution in [2.45, 2.75) is 0 Å². The van der Waals surface area contributed by atoms with Gasteiger partial charge in [0.15, 0.2) is 5.78 Å². The number of benzene rings is 1. The SMILES string of the molecule is Nc1cc(O)cc(C(=O)c2cccnc2)c1. The first-order chi connectivity index (χ1) is 7.66. The van der Waals surface area contributed by atoms with Crippen molar-refractivity contribution in [3.63, 3.8) is 0 Å². The number of pyridine rings is 1. The Morgan fingerprint density at radius 1 is 1.25 bits per heavy atom. The van der Waals surface area contributed by atoms with E-state index in [0.29, 0.717) is 16.8 Å². The van der Waals surface area contributed by atoms with Crippen LogP contribution in [0.15, 0.2) is 42.7 Å². The highest BCUT2D eigenvalue weighted by Crippen LogP contribution is 2.19. The minimum atomic E-state index is -0.212. The molecule has 4 heteroatoms. The fraction of sp³-hybridized carbons (Fsp3) is 0. The van der Waals surface area contributed by atoms with E-state index >= 15 is 0 Å². The molecule has 0 aliphatic rings. The lowest BCUT2D eigenvalue weighted by Crippen LogP contribution is -2.02. The zero-order chi connectivity index (χ0) is 11.5. The number of phenols is 1.